The van der Waals surface area contributed by atoms with Gasteiger partial charge in [-0.2, -0.15) is 5.10 Å². The van der Waals surface area contributed by atoms with Crippen LogP contribution in [0, 0.1) is 0 Å². The molecule has 1 saturated carbocycles. The van der Waals surface area contributed by atoms with Gasteiger partial charge in [0, 0.05) is 36.6 Å². The average molecular weight is 433 g/mol. The number of amides is 1. The van der Waals surface area contributed by atoms with Crippen molar-refractivity contribution in [2.45, 2.75) is 45.1 Å². The third-order valence-corrected chi connectivity index (χ3v) is 5.53. The molecule has 0 radical (unpaired) electrons. The van der Waals surface area contributed by atoms with Crippen LogP contribution in [-0.4, -0.2) is 21.7 Å². The summed E-state index contributed by atoms with van der Waals surface area (Å²) >= 11 is 0. The lowest BCUT2D eigenvalue weighted by molar-refractivity contribution is -0.121. The van der Waals surface area contributed by atoms with Crippen molar-refractivity contribution in [2.24, 2.45) is 11.6 Å². The van der Waals surface area contributed by atoms with Crippen LogP contribution < -0.4 is 22.3 Å². The number of rotatable bonds is 6. The van der Waals surface area contributed by atoms with Gasteiger partial charge in [-0.05, 0) is 42.2 Å². The van der Waals surface area contributed by atoms with Crippen molar-refractivity contribution < 1.29 is 4.79 Å². The van der Waals surface area contributed by atoms with Gasteiger partial charge in [0.15, 0.2) is 0 Å². The quantitative estimate of drug-likeness (QED) is 0.350. The molecule has 1 aliphatic rings. The third-order valence-electron chi connectivity index (χ3n) is 5.53. The van der Waals surface area contributed by atoms with Gasteiger partial charge in [-0.15, -0.1) is 0 Å². The highest BCUT2D eigenvalue weighted by Crippen LogP contribution is 2.23. The number of nitrogens with zero attached hydrogens (tertiary/aromatic N) is 2. The van der Waals surface area contributed by atoms with Crippen molar-refractivity contribution in [1.29, 1.82) is 0 Å². The zero-order chi connectivity index (χ0) is 22.8. The Labute approximate surface area is 189 Å². The monoisotopic (exact) mass is 432 g/mol. The minimum absolute atomic E-state index is 0.201. The highest BCUT2D eigenvalue weighted by atomic mass is 16.1. The van der Waals surface area contributed by atoms with Crippen molar-refractivity contribution in [3.63, 3.8) is 0 Å². The first-order valence-corrected chi connectivity index (χ1v) is 11.0. The fourth-order valence-corrected chi connectivity index (χ4v) is 3.70. The van der Waals surface area contributed by atoms with Crippen LogP contribution in [-0.2, 0) is 4.79 Å². The smallest absolute Gasteiger partial charge is 0.219 e. The topological polar surface area (TPSA) is 111 Å². The number of nitrogens with two attached hydrogens (primary N) is 2. The van der Waals surface area contributed by atoms with E-state index in [1.807, 2.05) is 60.3 Å². The summed E-state index contributed by atoms with van der Waals surface area (Å²) in [6.45, 7) is 1.89. The van der Waals surface area contributed by atoms with Gasteiger partial charge in [-0.1, -0.05) is 56.2 Å². The number of carbonyl (C=O) groups is 1. The highest BCUT2D eigenvalue weighted by molar-refractivity contribution is 5.75. The van der Waals surface area contributed by atoms with Crippen molar-refractivity contribution in [1.82, 2.24) is 20.5 Å². The molecule has 4 rings (SSSR count). The number of benzene rings is 2. The van der Waals surface area contributed by atoms with E-state index in [9.17, 15) is 4.79 Å². The summed E-state index contributed by atoms with van der Waals surface area (Å²) in [5, 5.41) is 7.21. The van der Waals surface area contributed by atoms with Gasteiger partial charge in [-0.25, -0.2) is 4.68 Å². The zero-order valence-electron chi connectivity index (χ0n) is 18.5. The molecule has 2 aromatic carbocycles. The van der Waals surface area contributed by atoms with E-state index in [4.69, 9.17) is 11.6 Å². The molecular weight excluding hydrogens is 400 g/mol. The Morgan fingerprint density at radius 2 is 1.72 bits per heavy atom. The minimum Gasteiger partial charge on any atom is -0.403 e. The van der Waals surface area contributed by atoms with Crippen LogP contribution in [0.25, 0.3) is 22.5 Å². The molecule has 0 spiro atoms. The Hall–Kier alpha value is -3.58. The van der Waals surface area contributed by atoms with E-state index in [-0.39, 0.29) is 5.91 Å². The molecule has 0 atom stereocenters. The van der Waals surface area contributed by atoms with Crippen LogP contribution in [0.1, 0.15) is 44.6 Å². The van der Waals surface area contributed by atoms with Crippen LogP contribution in [0.15, 0.2) is 73.2 Å². The van der Waals surface area contributed by atoms with E-state index in [2.05, 4.69) is 28.0 Å². The minimum atomic E-state index is 0.201. The van der Waals surface area contributed by atoms with E-state index in [0.29, 0.717) is 18.2 Å². The van der Waals surface area contributed by atoms with Gasteiger partial charge in [0.05, 0.1) is 11.4 Å². The second-order valence-corrected chi connectivity index (χ2v) is 7.70. The van der Waals surface area contributed by atoms with E-state index in [0.717, 1.165) is 22.4 Å². The number of hydrogen-bond donors (Lipinski definition) is 4. The number of carbonyl (C=O) groups excluding carboxylic acids is 1. The first-order chi connectivity index (χ1) is 15.6. The summed E-state index contributed by atoms with van der Waals surface area (Å²) in [6, 6.07) is 18.7. The van der Waals surface area contributed by atoms with E-state index in [1.54, 1.807) is 6.20 Å². The molecule has 1 aromatic heterocycles. The Morgan fingerprint density at radius 1 is 1.09 bits per heavy atom. The summed E-state index contributed by atoms with van der Waals surface area (Å²) in [5.74, 6) is 5.62. The van der Waals surface area contributed by atoms with Crippen LogP contribution in [0.3, 0.4) is 0 Å². The van der Waals surface area contributed by atoms with Crippen molar-refractivity contribution in [2.75, 3.05) is 0 Å². The SMILES string of the molecule is CCC(=O)NC1CCCC1.N/C=C(\NN)c1ccc(-c2ccc(-n3cccn3)cc2)cc1. The molecule has 0 unspecified atom stereocenters. The normalized spacial score (nSPS) is 13.9. The molecular formula is C25H32N6O. The number of nitrogens with one attached hydrogen (secondary N) is 2. The second-order valence-electron chi connectivity index (χ2n) is 7.70. The highest BCUT2D eigenvalue weighted by Gasteiger charge is 2.15. The molecule has 1 fully saturated rings. The average Bonchev–Trinajstić information content (AvgIpc) is 3.56. The molecule has 3 aromatic rings. The third kappa shape index (κ3) is 6.21. The van der Waals surface area contributed by atoms with E-state index >= 15 is 0 Å². The van der Waals surface area contributed by atoms with E-state index < -0.39 is 0 Å². The lowest BCUT2D eigenvalue weighted by Gasteiger charge is -2.09. The lowest BCUT2D eigenvalue weighted by atomic mass is 10.0. The first-order valence-electron chi connectivity index (χ1n) is 11.0. The summed E-state index contributed by atoms with van der Waals surface area (Å²) in [5.41, 5.74) is 13.0. The number of hydrazine groups is 1. The van der Waals surface area contributed by atoms with Crippen LogP contribution in [0.4, 0.5) is 0 Å². The largest absolute Gasteiger partial charge is 0.403 e. The number of aromatic nitrogens is 2. The summed E-state index contributed by atoms with van der Waals surface area (Å²) in [6.07, 6.45) is 10.7. The molecule has 168 valence electrons. The maximum atomic E-state index is 10.9. The molecule has 0 bridgehead atoms. The van der Waals surface area contributed by atoms with E-state index in [1.165, 1.54) is 31.9 Å². The fraction of sp³-hybridized carbons (Fsp3) is 0.280. The summed E-state index contributed by atoms with van der Waals surface area (Å²) in [4.78, 5) is 10.9. The number of hydrogen-bond acceptors (Lipinski definition) is 5. The van der Waals surface area contributed by atoms with Gasteiger partial charge < -0.3 is 16.5 Å². The lowest BCUT2D eigenvalue weighted by Crippen LogP contribution is -2.31. The molecule has 6 N–H and O–H groups in total. The van der Waals surface area contributed by atoms with Crippen molar-refractivity contribution in [3.8, 4) is 16.8 Å². The maximum Gasteiger partial charge on any atom is 0.219 e. The zero-order valence-corrected chi connectivity index (χ0v) is 18.5. The summed E-state index contributed by atoms with van der Waals surface area (Å²) < 4.78 is 1.83. The van der Waals surface area contributed by atoms with Gasteiger partial charge in [-0.3, -0.25) is 10.6 Å². The molecule has 1 aliphatic carbocycles. The van der Waals surface area contributed by atoms with Gasteiger partial charge in [0.1, 0.15) is 0 Å². The molecule has 32 heavy (non-hydrogen) atoms. The molecule has 1 amide bonds. The van der Waals surface area contributed by atoms with Crippen molar-refractivity contribution >= 4 is 11.6 Å². The fourth-order valence-electron chi connectivity index (χ4n) is 3.70. The van der Waals surface area contributed by atoms with Crippen LogP contribution >= 0.6 is 0 Å². The first kappa shape index (κ1) is 23.1. The molecule has 0 saturated heterocycles. The van der Waals surface area contributed by atoms with Crippen molar-refractivity contribution in [3.05, 3.63) is 78.8 Å². The van der Waals surface area contributed by atoms with Crippen LogP contribution in [0.2, 0.25) is 0 Å². The van der Waals surface area contributed by atoms with Gasteiger partial charge in [0.2, 0.25) is 5.91 Å². The molecule has 7 nitrogen and oxygen atoms in total. The van der Waals surface area contributed by atoms with Crippen LogP contribution in [0.5, 0.6) is 0 Å². The molecule has 7 heteroatoms. The second kappa shape index (κ2) is 11.7. The van der Waals surface area contributed by atoms with Gasteiger partial charge >= 0.3 is 0 Å². The molecule has 1 heterocycles. The Bertz CT molecular complexity index is 988. The molecule has 0 aliphatic heterocycles. The Morgan fingerprint density at radius 3 is 2.22 bits per heavy atom. The maximum absolute atomic E-state index is 10.9. The Balaban J connectivity index is 0.000000243. The summed E-state index contributed by atoms with van der Waals surface area (Å²) in [7, 11) is 0. The van der Waals surface area contributed by atoms with Gasteiger partial charge in [0.25, 0.3) is 0 Å². The standard InChI is InChI=1S/C17H17N5.C8H15NO/c18-12-17(21-19)15-4-2-13(3-5-15)14-6-8-16(9-7-14)22-11-1-10-20-22;1-2-8(10)9-7-5-3-4-6-7/h1-12,21H,18-19H2;7H,2-6H2,1H3,(H,9,10)/b17-12-;. The predicted molar refractivity (Wildman–Crippen MR) is 129 cm³/mol. The predicted octanol–water partition coefficient (Wildman–Crippen LogP) is 3.71. The Kier molecular flexibility index (Phi) is 8.45.